The van der Waals surface area contributed by atoms with E-state index in [1.165, 1.54) is 4.88 Å². The van der Waals surface area contributed by atoms with E-state index in [1.807, 2.05) is 0 Å². The topological polar surface area (TPSA) is 73.8 Å². The molecule has 0 aliphatic carbocycles. The molecule has 114 valence electrons. The fraction of sp³-hybridized carbons (Fsp3) is 0.429. The lowest BCUT2D eigenvalue weighted by atomic mass is 10.3. The third kappa shape index (κ3) is 2.19. The Balaban J connectivity index is 1.53. The SMILES string of the molecule is Cc1nc(N2CCN(c3ncnc4nc[nH]c34)CC2)sc1C. The molecule has 1 aliphatic heterocycles. The Kier molecular flexibility index (Phi) is 3.18. The number of imidazole rings is 1. The number of nitrogens with one attached hydrogen (secondary N) is 1. The summed E-state index contributed by atoms with van der Waals surface area (Å²) < 4.78 is 0. The van der Waals surface area contributed by atoms with Gasteiger partial charge in [0.15, 0.2) is 16.6 Å². The van der Waals surface area contributed by atoms with E-state index in [-0.39, 0.29) is 0 Å². The second-order valence-corrected chi connectivity index (χ2v) is 6.59. The van der Waals surface area contributed by atoms with Crippen LogP contribution in [0.4, 0.5) is 10.9 Å². The van der Waals surface area contributed by atoms with Crippen molar-refractivity contribution in [2.75, 3.05) is 36.0 Å². The summed E-state index contributed by atoms with van der Waals surface area (Å²) in [4.78, 5) is 26.5. The van der Waals surface area contributed by atoms with Crippen LogP contribution in [0.3, 0.4) is 0 Å². The van der Waals surface area contributed by atoms with Crippen molar-refractivity contribution in [2.45, 2.75) is 13.8 Å². The number of hydrogen-bond acceptors (Lipinski definition) is 7. The van der Waals surface area contributed by atoms with Gasteiger partial charge in [-0.2, -0.15) is 0 Å². The first kappa shape index (κ1) is 13.4. The zero-order valence-electron chi connectivity index (χ0n) is 12.6. The molecule has 0 atom stereocenters. The summed E-state index contributed by atoms with van der Waals surface area (Å²) in [5, 5.41) is 1.13. The van der Waals surface area contributed by atoms with Crippen molar-refractivity contribution in [3.05, 3.63) is 23.2 Å². The Bertz CT molecular complexity index is 781. The molecular formula is C14H17N7S. The zero-order chi connectivity index (χ0) is 15.1. The van der Waals surface area contributed by atoms with Gasteiger partial charge < -0.3 is 14.8 Å². The third-order valence-electron chi connectivity index (χ3n) is 4.07. The Labute approximate surface area is 132 Å². The molecule has 0 unspecified atom stereocenters. The van der Waals surface area contributed by atoms with Crippen LogP contribution in [0.2, 0.25) is 0 Å². The molecule has 7 nitrogen and oxygen atoms in total. The van der Waals surface area contributed by atoms with Crippen LogP contribution in [0.25, 0.3) is 11.2 Å². The predicted octanol–water partition coefficient (Wildman–Crippen LogP) is 1.75. The number of aryl methyl sites for hydroxylation is 2. The first-order valence-electron chi connectivity index (χ1n) is 7.30. The van der Waals surface area contributed by atoms with Crippen molar-refractivity contribution in [1.29, 1.82) is 0 Å². The zero-order valence-corrected chi connectivity index (χ0v) is 13.4. The highest BCUT2D eigenvalue weighted by Gasteiger charge is 2.22. The molecular weight excluding hydrogens is 298 g/mol. The summed E-state index contributed by atoms with van der Waals surface area (Å²) in [7, 11) is 0. The number of piperazine rings is 1. The molecule has 1 saturated heterocycles. The van der Waals surface area contributed by atoms with Crippen LogP contribution in [0.5, 0.6) is 0 Å². The highest BCUT2D eigenvalue weighted by Crippen LogP contribution is 2.27. The van der Waals surface area contributed by atoms with Gasteiger partial charge in [-0.05, 0) is 13.8 Å². The molecule has 3 aromatic heterocycles. The first-order chi connectivity index (χ1) is 10.7. The van der Waals surface area contributed by atoms with Crippen LogP contribution < -0.4 is 9.80 Å². The van der Waals surface area contributed by atoms with E-state index in [4.69, 9.17) is 0 Å². The molecule has 0 radical (unpaired) electrons. The summed E-state index contributed by atoms with van der Waals surface area (Å²) in [6, 6.07) is 0. The van der Waals surface area contributed by atoms with Crippen molar-refractivity contribution in [3.8, 4) is 0 Å². The van der Waals surface area contributed by atoms with Crippen molar-refractivity contribution < 1.29 is 0 Å². The van der Waals surface area contributed by atoms with Crippen LogP contribution in [0.1, 0.15) is 10.6 Å². The van der Waals surface area contributed by atoms with Crippen molar-refractivity contribution in [3.63, 3.8) is 0 Å². The number of anilines is 2. The van der Waals surface area contributed by atoms with Crippen molar-refractivity contribution in [2.24, 2.45) is 0 Å². The molecule has 1 N–H and O–H groups in total. The minimum atomic E-state index is 0.721. The molecule has 4 heterocycles. The van der Waals surface area contributed by atoms with Crippen LogP contribution in [0.15, 0.2) is 12.7 Å². The van der Waals surface area contributed by atoms with Gasteiger partial charge in [0.05, 0.1) is 12.0 Å². The number of hydrogen-bond donors (Lipinski definition) is 1. The molecule has 22 heavy (non-hydrogen) atoms. The lowest BCUT2D eigenvalue weighted by Gasteiger charge is -2.35. The minimum absolute atomic E-state index is 0.721. The Morgan fingerprint density at radius 2 is 1.82 bits per heavy atom. The molecule has 3 aromatic rings. The van der Waals surface area contributed by atoms with Crippen LogP contribution in [-0.4, -0.2) is 51.1 Å². The monoisotopic (exact) mass is 315 g/mol. The third-order valence-corrected chi connectivity index (χ3v) is 5.20. The number of nitrogens with zero attached hydrogens (tertiary/aromatic N) is 6. The van der Waals surface area contributed by atoms with E-state index in [2.05, 4.69) is 48.6 Å². The fourth-order valence-corrected chi connectivity index (χ4v) is 3.65. The van der Waals surface area contributed by atoms with Gasteiger partial charge in [0.25, 0.3) is 0 Å². The summed E-state index contributed by atoms with van der Waals surface area (Å²) in [5.41, 5.74) is 2.77. The van der Waals surface area contributed by atoms with E-state index >= 15 is 0 Å². The maximum absolute atomic E-state index is 4.66. The largest absolute Gasteiger partial charge is 0.351 e. The van der Waals surface area contributed by atoms with Gasteiger partial charge in [0.2, 0.25) is 0 Å². The summed E-state index contributed by atoms with van der Waals surface area (Å²) in [5.74, 6) is 0.939. The Morgan fingerprint density at radius 3 is 2.55 bits per heavy atom. The lowest BCUT2D eigenvalue weighted by Crippen LogP contribution is -2.47. The molecule has 0 spiro atoms. The highest BCUT2D eigenvalue weighted by atomic mass is 32.1. The lowest BCUT2D eigenvalue weighted by molar-refractivity contribution is 0.646. The number of H-pyrrole nitrogens is 1. The van der Waals surface area contributed by atoms with E-state index in [1.54, 1.807) is 24.0 Å². The average Bonchev–Trinajstić information content (AvgIpc) is 3.14. The van der Waals surface area contributed by atoms with E-state index in [9.17, 15) is 0 Å². The smallest absolute Gasteiger partial charge is 0.185 e. The van der Waals surface area contributed by atoms with Crippen molar-refractivity contribution >= 4 is 33.5 Å². The molecule has 0 aromatic carbocycles. The molecule has 8 heteroatoms. The molecule has 0 bridgehead atoms. The second-order valence-electron chi connectivity index (χ2n) is 5.41. The predicted molar refractivity (Wildman–Crippen MR) is 87.7 cm³/mol. The minimum Gasteiger partial charge on any atom is -0.351 e. The molecule has 1 fully saturated rings. The fourth-order valence-electron chi connectivity index (χ4n) is 2.69. The van der Waals surface area contributed by atoms with Gasteiger partial charge in [-0.1, -0.05) is 0 Å². The molecule has 0 amide bonds. The summed E-state index contributed by atoms with van der Waals surface area (Å²) >= 11 is 1.78. The second kappa shape index (κ2) is 5.20. The Morgan fingerprint density at radius 1 is 1.05 bits per heavy atom. The number of rotatable bonds is 2. The number of fused-ring (bicyclic) bond motifs is 1. The number of aromatic amines is 1. The van der Waals surface area contributed by atoms with Gasteiger partial charge in [0, 0.05) is 31.1 Å². The van der Waals surface area contributed by atoms with Crippen LogP contribution in [-0.2, 0) is 0 Å². The van der Waals surface area contributed by atoms with Gasteiger partial charge in [-0.15, -0.1) is 11.3 Å². The summed E-state index contributed by atoms with van der Waals surface area (Å²) in [6.07, 6.45) is 3.25. The average molecular weight is 315 g/mol. The normalized spacial score (nSPS) is 15.7. The highest BCUT2D eigenvalue weighted by molar-refractivity contribution is 7.15. The van der Waals surface area contributed by atoms with E-state index in [0.717, 1.165) is 54.0 Å². The number of thiazole rings is 1. The maximum Gasteiger partial charge on any atom is 0.185 e. The van der Waals surface area contributed by atoms with E-state index in [0.29, 0.717) is 0 Å². The van der Waals surface area contributed by atoms with Crippen LogP contribution >= 0.6 is 11.3 Å². The summed E-state index contributed by atoms with van der Waals surface area (Å²) in [6.45, 7) is 7.94. The van der Waals surface area contributed by atoms with Gasteiger partial charge in [0.1, 0.15) is 11.8 Å². The molecule has 1 aliphatic rings. The maximum atomic E-state index is 4.66. The quantitative estimate of drug-likeness (QED) is 0.777. The van der Waals surface area contributed by atoms with Gasteiger partial charge in [-0.3, -0.25) is 0 Å². The van der Waals surface area contributed by atoms with Crippen molar-refractivity contribution in [1.82, 2.24) is 24.9 Å². The van der Waals surface area contributed by atoms with Gasteiger partial charge in [-0.25, -0.2) is 19.9 Å². The van der Waals surface area contributed by atoms with Crippen LogP contribution in [0, 0.1) is 13.8 Å². The van der Waals surface area contributed by atoms with E-state index < -0.39 is 0 Å². The Hall–Kier alpha value is -2.22. The molecule has 0 saturated carbocycles. The standard InChI is InChI=1S/C14H17N7S/c1-9-10(2)22-14(19-9)21-5-3-20(4-6-21)13-11-12(16-7-15-11)17-8-18-13/h7-8H,3-6H2,1-2H3,(H,15,16,17,18). The molecule has 4 rings (SSSR count). The van der Waals surface area contributed by atoms with Gasteiger partial charge >= 0.3 is 0 Å². The number of aromatic nitrogens is 5. The first-order valence-corrected chi connectivity index (χ1v) is 8.12.